The predicted molar refractivity (Wildman–Crippen MR) is 83.8 cm³/mol. The van der Waals surface area contributed by atoms with Crippen molar-refractivity contribution < 1.29 is 23.9 Å². The lowest BCUT2D eigenvalue weighted by Gasteiger charge is -2.18. The molecule has 0 spiro atoms. The van der Waals surface area contributed by atoms with E-state index in [4.69, 9.17) is 5.11 Å². The lowest BCUT2D eigenvalue weighted by atomic mass is 10.1. The number of para-hydroxylation sites is 1. The van der Waals surface area contributed by atoms with E-state index < -0.39 is 23.6 Å². The predicted octanol–water partition coefficient (Wildman–Crippen LogP) is 1.55. The number of carbonyl (C=O) groups excluding carboxylic acids is 2. The molecule has 1 unspecified atom stereocenters. The second kappa shape index (κ2) is 6.59. The number of halogens is 1. The number of hydrogen-bond acceptors (Lipinski definition) is 3. The molecule has 1 aliphatic heterocycles. The maximum Gasteiger partial charge on any atom is 0.306 e. The van der Waals surface area contributed by atoms with Crippen LogP contribution in [0.3, 0.4) is 0 Å². The highest BCUT2D eigenvalue weighted by molar-refractivity contribution is 6.00. The van der Waals surface area contributed by atoms with Gasteiger partial charge in [-0.2, -0.15) is 0 Å². The van der Waals surface area contributed by atoms with Gasteiger partial charge in [0.25, 0.3) is 0 Å². The first kappa shape index (κ1) is 16.4. The van der Waals surface area contributed by atoms with E-state index in [-0.39, 0.29) is 36.5 Å². The Bertz CT molecular complexity index is 678. The van der Waals surface area contributed by atoms with Gasteiger partial charge in [-0.1, -0.05) is 12.1 Å². The zero-order valence-electron chi connectivity index (χ0n) is 13.1. The second-order valence-electron chi connectivity index (χ2n) is 6.41. The third kappa shape index (κ3) is 3.25. The van der Waals surface area contributed by atoms with Gasteiger partial charge >= 0.3 is 5.97 Å². The number of nitrogens with one attached hydrogen (secondary N) is 1. The molecular weight excluding hydrogens is 315 g/mol. The van der Waals surface area contributed by atoms with Crippen LogP contribution in [0.2, 0.25) is 0 Å². The van der Waals surface area contributed by atoms with E-state index in [0.29, 0.717) is 19.3 Å². The molecule has 1 heterocycles. The number of benzene rings is 1. The molecule has 24 heavy (non-hydrogen) atoms. The molecule has 3 rings (SSSR count). The van der Waals surface area contributed by atoms with Crippen LogP contribution < -0.4 is 10.2 Å². The average Bonchev–Trinajstić information content (AvgIpc) is 3.15. The van der Waals surface area contributed by atoms with E-state index in [1.54, 1.807) is 12.1 Å². The number of hydrogen-bond donors (Lipinski definition) is 2. The third-order valence-corrected chi connectivity index (χ3v) is 4.77. The summed E-state index contributed by atoms with van der Waals surface area (Å²) in [5.41, 5.74) is 0.185. The van der Waals surface area contributed by atoms with Gasteiger partial charge in [-0.25, -0.2) is 4.39 Å². The van der Waals surface area contributed by atoms with Gasteiger partial charge in [-0.15, -0.1) is 0 Å². The quantitative estimate of drug-likeness (QED) is 0.875. The Hall–Kier alpha value is -2.44. The van der Waals surface area contributed by atoms with Crippen LogP contribution in [0.1, 0.15) is 25.7 Å². The van der Waals surface area contributed by atoms with Crippen molar-refractivity contribution in [2.45, 2.75) is 31.7 Å². The zero-order chi connectivity index (χ0) is 17.3. The van der Waals surface area contributed by atoms with Crippen molar-refractivity contribution >= 4 is 23.5 Å². The Kier molecular flexibility index (Phi) is 4.51. The summed E-state index contributed by atoms with van der Waals surface area (Å²) >= 11 is 0. The Morgan fingerprint density at radius 2 is 1.96 bits per heavy atom. The van der Waals surface area contributed by atoms with Crippen molar-refractivity contribution in [2.24, 2.45) is 11.8 Å². The van der Waals surface area contributed by atoms with Crippen LogP contribution in [0, 0.1) is 17.7 Å². The van der Waals surface area contributed by atoms with Crippen molar-refractivity contribution in [3.63, 3.8) is 0 Å². The number of carboxylic acids is 1. The number of carboxylic acid groups (broad SMARTS) is 1. The first-order chi connectivity index (χ1) is 11.5. The zero-order valence-corrected chi connectivity index (χ0v) is 13.1. The van der Waals surface area contributed by atoms with Crippen molar-refractivity contribution in [1.29, 1.82) is 0 Å². The molecule has 2 N–H and O–H groups in total. The van der Waals surface area contributed by atoms with Crippen LogP contribution in [-0.2, 0) is 14.4 Å². The molecule has 2 amide bonds. The molecule has 128 valence electrons. The summed E-state index contributed by atoms with van der Waals surface area (Å²) in [5, 5.41) is 11.8. The molecule has 0 radical (unpaired) electrons. The van der Waals surface area contributed by atoms with Gasteiger partial charge in [0.1, 0.15) is 5.82 Å². The number of rotatable bonds is 4. The summed E-state index contributed by atoms with van der Waals surface area (Å²) in [7, 11) is 0. The van der Waals surface area contributed by atoms with E-state index in [0.717, 1.165) is 0 Å². The minimum absolute atomic E-state index is 0.0370. The number of carbonyl (C=O) groups is 3. The van der Waals surface area contributed by atoms with Gasteiger partial charge < -0.3 is 15.3 Å². The van der Waals surface area contributed by atoms with Crippen molar-refractivity contribution in [3.05, 3.63) is 30.1 Å². The van der Waals surface area contributed by atoms with Crippen LogP contribution in [0.5, 0.6) is 0 Å². The molecule has 1 saturated heterocycles. The fourth-order valence-electron chi connectivity index (χ4n) is 3.44. The standard InChI is InChI=1S/C17H19FN2O4/c18-13-3-1-2-4-14(13)20-9-11(8-15(20)21)16(22)19-12-6-5-10(7-12)17(23)24/h1-4,10-12H,5-9H2,(H,19,22)(H,23,24)/t10-,11?,12+/m1/s1. The van der Waals surface area contributed by atoms with E-state index in [1.165, 1.54) is 17.0 Å². The third-order valence-electron chi connectivity index (χ3n) is 4.77. The van der Waals surface area contributed by atoms with Gasteiger partial charge in [-0.3, -0.25) is 14.4 Å². The van der Waals surface area contributed by atoms with Crippen molar-refractivity contribution in [1.82, 2.24) is 5.32 Å². The summed E-state index contributed by atoms with van der Waals surface area (Å²) in [5.74, 6) is -2.84. The summed E-state index contributed by atoms with van der Waals surface area (Å²) in [4.78, 5) is 36.7. The molecule has 2 aliphatic rings. The maximum absolute atomic E-state index is 13.8. The molecular formula is C17H19FN2O4. The normalized spacial score (nSPS) is 26.6. The minimum atomic E-state index is -0.839. The number of anilines is 1. The van der Waals surface area contributed by atoms with Crippen LogP contribution in [0.15, 0.2) is 24.3 Å². The van der Waals surface area contributed by atoms with Gasteiger partial charge in [0.05, 0.1) is 17.5 Å². The van der Waals surface area contributed by atoms with Gasteiger partial charge in [-0.05, 0) is 31.4 Å². The SMILES string of the molecule is O=C(N[C@H]1CC[C@@H](C(=O)O)C1)C1CC(=O)N(c2ccccc2F)C1. The smallest absolute Gasteiger partial charge is 0.306 e. The molecule has 6 nitrogen and oxygen atoms in total. The summed E-state index contributed by atoms with van der Waals surface area (Å²) in [6, 6.07) is 5.81. The number of nitrogens with zero attached hydrogens (tertiary/aromatic N) is 1. The Morgan fingerprint density at radius 3 is 2.62 bits per heavy atom. The average molecular weight is 334 g/mol. The van der Waals surface area contributed by atoms with Crippen LogP contribution in [0.4, 0.5) is 10.1 Å². The highest BCUT2D eigenvalue weighted by atomic mass is 19.1. The molecule has 1 aromatic carbocycles. The lowest BCUT2D eigenvalue weighted by Crippen LogP contribution is -2.39. The number of amides is 2. The Balaban J connectivity index is 1.61. The topological polar surface area (TPSA) is 86.7 Å². The molecule has 0 bridgehead atoms. The summed E-state index contributed by atoms with van der Waals surface area (Å²) in [6.45, 7) is 0.140. The molecule has 3 atom stereocenters. The fourth-order valence-corrected chi connectivity index (χ4v) is 3.44. The largest absolute Gasteiger partial charge is 0.481 e. The molecule has 0 aromatic heterocycles. The lowest BCUT2D eigenvalue weighted by molar-refractivity contribution is -0.141. The van der Waals surface area contributed by atoms with Gasteiger partial charge in [0.15, 0.2) is 0 Å². The van der Waals surface area contributed by atoms with Crippen molar-refractivity contribution in [3.8, 4) is 0 Å². The van der Waals surface area contributed by atoms with E-state index in [1.807, 2.05) is 0 Å². The summed E-state index contributed by atoms with van der Waals surface area (Å²) in [6.07, 6.45) is 1.62. The monoisotopic (exact) mass is 334 g/mol. The van der Waals surface area contributed by atoms with E-state index >= 15 is 0 Å². The van der Waals surface area contributed by atoms with Crippen molar-refractivity contribution in [2.75, 3.05) is 11.4 Å². The van der Waals surface area contributed by atoms with Gasteiger partial charge in [0.2, 0.25) is 11.8 Å². The molecule has 1 aliphatic carbocycles. The van der Waals surface area contributed by atoms with E-state index in [9.17, 15) is 18.8 Å². The maximum atomic E-state index is 13.8. The second-order valence-corrected chi connectivity index (χ2v) is 6.41. The molecule has 2 fully saturated rings. The fraction of sp³-hybridized carbons (Fsp3) is 0.471. The van der Waals surface area contributed by atoms with Crippen LogP contribution >= 0.6 is 0 Å². The Labute approximate surface area is 138 Å². The molecule has 1 aromatic rings. The molecule has 1 saturated carbocycles. The summed E-state index contributed by atoms with van der Waals surface area (Å²) < 4.78 is 13.8. The minimum Gasteiger partial charge on any atom is -0.481 e. The first-order valence-electron chi connectivity index (χ1n) is 8.03. The Morgan fingerprint density at radius 1 is 1.21 bits per heavy atom. The number of aliphatic carboxylic acids is 1. The van der Waals surface area contributed by atoms with E-state index in [2.05, 4.69) is 5.32 Å². The highest BCUT2D eigenvalue weighted by Crippen LogP contribution is 2.29. The van der Waals surface area contributed by atoms with Gasteiger partial charge in [0, 0.05) is 19.0 Å². The first-order valence-corrected chi connectivity index (χ1v) is 8.03. The molecule has 7 heteroatoms. The van der Waals surface area contributed by atoms with Crippen LogP contribution in [0.25, 0.3) is 0 Å². The highest BCUT2D eigenvalue weighted by Gasteiger charge is 2.38. The van der Waals surface area contributed by atoms with Crippen LogP contribution in [-0.4, -0.2) is 35.5 Å².